The monoisotopic (exact) mass is 429 g/mol. The average molecular weight is 430 g/mol. The van der Waals surface area contributed by atoms with Crippen LogP contribution in [0.5, 0.6) is 0 Å². The molecule has 0 saturated heterocycles. The fourth-order valence-corrected chi connectivity index (χ4v) is 3.32. The molecule has 6 nitrogen and oxygen atoms in total. The van der Waals surface area contributed by atoms with E-state index in [9.17, 15) is 4.79 Å². The van der Waals surface area contributed by atoms with Gasteiger partial charge in [0.25, 0.3) is 5.89 Å². The molecular weight excluding hydrogens is 390 g/mol. The lowest BCUT2D eigenvalue weighted by Gasteiger charge is -2.19. The molecule has 0 aliphatic rings. The SMILES string of the molecule is CCCCCCCCCCCc1noc(-c2ccc(CNC(=O)OC(C)(C)C)cc2)n1. The summed E-state index contributed by atoms with van der Waals surface area (Å²) in [5, 5.41) is 6.87. The van der Waals surface area contributed by atoms with Crippen molar-refractivity contribution >= 4 is 6.09 Å². The standard InChI is InChI=1S/C25H39N3O3/c1-5-6-7-8-9-10-11-12-13-14-22-27-23(31-28-22)21-17-15-20(16-18-21)19-26-24(29)30-25(2,3)4/h15-18H,5-14,19H2,1-4H3,(H,26,29). The van der Waals surface area contributed by atoms with Gasteiger partial charge in [-0.1, -0.05) is 75.6 Å². The number of carbonyl (C=O) groups excluding carboxylic acids is 1. The van der Waals surface area contributed by atoms with Crippen molar-refractivity contribution in [1.82, 2.24) is 15.5 Å². The smallest absolute Gasteiger partial charge is 0.407 e. The van der Waals surface area contributed by atoms with Crippen molar-refractivity contribution in [3.8, 4) is 11.5 Å². The molecule has 2 rings (SSSR count). The summed E-state index contributed by atoms with van der Waals surface area (Å²) in [6.07, 6.45) is 12.2. The van der Waals surface area contributed by atoms with E-state index < -0.39 is 11.7 Å². The molecule has 1 heterocycles. The Balaban J connectivity index is 1.68. The number of rotatable bonds is 13. The van der Waals surface area contributed by atoms with Gasteiger partial charge in [0.05, 0.1) is 0 Å². The second kappa shape index (κ2) is 13.1. The van der Waals surface area contributed by atoms with Crippen molar-refractivity contribution in [3.63, 3.8) is 0 Å². The number of hydrogen-bond acceptors (Lipinski definition) is 5. The Bertz CT molecular complexity index is 763. The maximum Gasteiger partial charge on any atom is 0.407 e. The molecule has 0 aliphatic heterocycles. The molecule has 1 aromatic carbocycles. The summed E-state index contributed by atoms with van der Waals surface area (Å²) in [4.78, 5) is 16.3. The van der Waals surface area contributed by atoms with Crippen molar-refractivity contribution in [2.75, 3.05) is 0 Å². The van der Waals surface area contributed by atoms with Crippen molar-refractivity contribution in [2.45, 2.75) is 104 Å². The van der Waals surface area contributed by atoms with Crippen LogP contribution in [0.1, 0.15) is 96.9 Å². The molecule has 0 spiro atoms. The summed E-state index contributed by atoms with van der Waals surface area (Å²) < 4.78 is 10.7. The minimum absolute atomic E-state index is 0.406. The molecule has 0 radical (unpaired) electrons. The van der Waals surface area contributed by atoms with Gasteiger partial charge in [0, 0.05) is 18.5 Å². The normalized spacial score (nSPS) is 11.5. The summed E-state index contributed by atoms with van der Waals surface area (Å²) in [6.45, 7) is 8.19. The number of hydrogen-bond donors (Lipinski definition) is 1. The molecule has 1 amide bonds. The van der Waals surface area contributed by atoms with E-state index in [1.807, 2.05) is 45.0 Å². The number of aryl methyl sites for hydroxylation is 1. The Labute approximate surface area is 187 Å². The first kappa shape index (κ1) is 24.9. The van der Waals surface area contributed by atoms with Crippen LogP contribution in [0.3, 0.4) is 0 Å². The molecule has 1 aromatic heterocycles. The number of benzene rings is 1. The van der Waals surface area contributed by atoms with Gasteiger partial charge in [-0.2, -0.15) is 4.98 Å². The molecule has 31 heavy (non-hydrogen) atoms. The van der Waals surface area contributed by atoms with E-state index in [-0.39, 0.29) is 0 Å². The summed E-state index contributed by atoms with van der Waals surface area (Å²) in [5.41, 5.74) is 1.36. The molecule has 0 bridgehead atoms. The van der Waals surface area contributed by atoms with Crippen LogP contribution in [0, 0.1) is 0 Å². The Morgan fingerprint density at radius 2 is 1.58 bits per heavy atom. The predicted molar refractivity (Wildman–Crippen MR) is 124 cm³/mol. The minimum atomic E-state index is -0.502. The van der Waals surface area contributed by atoms with E-state index in [2.05, 4.69) is 22.4 Å². The number of alkyl carbamates (subject to hydrolysis) is 1. The fraction of sp³-hybridized carbons (Fsp3) is 0.640. The minimum Gasteiger partial charge on any atom is -0.444 e. The number of nitrogens with one attached hydrogen (secondary N) is 1. The fourth-order valence-electron chi connectivity index (χ4n) is 3.32. The molecule has 0 aliphatic carbocycles. The largest absolute Gasteiger partial charge is 0.444 e. The van der Waals surface area contributed by atoms with Gasteiger partial charge in [0.15, 0.2) is 5.82 Å². The van der Waals surface area contributed by atoms with Gasteiger partial charge in [0.2, 0.25) is 0 Å². The topological polar surface area (TPSA) is 77.2 Å². The summed E-state index contributed by atoms with van der Waals surface area (Å²) in [6, 6.07) is 7.75. The number of nitrogens with zero attached hydrogens (tertiary/aromatic N) is 2. The lowest BCUT2D eigenvalue weighted by Crippen LogP contribution is -2.32. The van der Waals surface area contributed by atoms with Gasteiger partial charge in [-0.25, -0.2) is 4.79 Å². The Hall–Kier alpha value is -2.37. The Kier molecular flexibility index (Phi) is 10.5. The van der Waals surface area contributed by atoms with Crippen LogP contribution in [0.2, 0.25) is 0 Å². The molecule has 6 heteroatoms. The molecule has 0 unspecified atom stereocenters. The molecule has 0 fully saturated rings. The molecule has 1 N–H and O–H groups in total. The number of aromatic nitrogens is 2. The average Bonchev–Trinajstić information content (AvgIpc) is 3.19. The van der Waals surface area contributed by atoms with E-state index in [4.69, 9.17) is 9.26 Å². The van der Waals surface area contributed by atoms with E-state index in [1.54, 1.807) is 0 Å². The predicted octanol–water partition coefficient (Wildman–Crippen LogP) is 6.83. The zero-order valence-corrected chi connectivity index (χ0v) is 19.7. The summed E-state index contributed by atoms with van der Waals surface area (Å²) in [5.74, 6) is 1.31. The number of unbranched alkanes of at least 4 members (excludes halogenated alkanes) is 8. The molecule has 172 valence electrons. The van der Waals surface area contributed by atoms with Gasteiger partial charge < -0.3 is 14.6 Å². The maximum absolute atomic E-state index is 11.8. The third kappa shape index (κ3) is 10.5. The van der Waals surface area contributed by atoms with Crippen LogP contribution >= 0.6 is 0 Å². The number of ether oxygens (including phenoxy) is 1. The van der Waals surface area contributed by atoms with E-state index >= 15 is 0 Å². The third-order valence-electron chi connectivity index (χ3n) is 5.01. The van der Waals surface area contributed by atoms with E-state index in [0.29, 0.717) is 12.4 Å². The maximum atomic E-state index is 11.8. The summed E-state index contributed by atoms with van der Waals surface area (Å²) >= 11 is 0. The van der Waals surface area contributed by atoms with Gasteiger partial charge in [-0.05, 0) is 44.9 Å². The highest BCUT2D eigenvalue weighted by Gasteiger charge is 2.15. The molecule has 0 atom stereocenters. The summed E-state index contributed by atoms with van der Waals surface area (Å²) in [7, 11) is 0. The van der Waals surface area contributed by atoms with Crippen molar-refractivity contribution in [1.29, 1.82) is 0 Å². The second-order valence-electron chi connectivity index (χ2n) is 9.15. The van der Waals surface area contributed by atoms with Crippen molar-refractivity contribution in [2.24, 2.45) is 0 Å². The first-order chi connectivity index (χ1) is 14.9. The second-order valence-corrected chi connectivity index (χ2v) is 9.15. The van der Waals surface area contributed by atoms with E-state index in [0.717, 1.165) is 29.8 Å². The highest BCUT2D eigenvalue weighted by molar-refractivity contribution is 5.67. The Morgan fingerprint density at radius 1 is 0.968 bits per heavy atom. The van der Waals surface area contributed by atoms with Crippen LogP contribution in [-0.4, -0.2) is 21.8 Å². The highest BCUT2D eigenvalue weighted by atomic mass is 16.6. The van der Waals surface area contributed by atoms with Crippen LogP contribution in [-0.2, 0) is 17.7 Å². The van der Waals surface area contributed by atoms with Crippen molar-refractivity contribution < 1.29 is 14.1 Å². The molecule has 2 aromatic rings. The Morgan fingerprint density at radius 3 is 2.19 bits per heavy atom. The first-order valence-corrected chi connectivity index (χ1v) is 11.8. The van der Waals surface area contributed by atoms with Gasteiger partial charge in [-0.15, -0.1) is 0 Å². The van der Waals surface area contributed by atoms with Gasteiger partial charge >= 0.3 is 6.09 Å². The van der Waals surface area contributed by atoms with Crippen LogP contribution < -0.4 is 5.32 Å². The number of carbonyl (C=O) groups is 1. The van der Waals surface area contributed by atoms with E-state index in [1.165, 1.54) is 51.4 Å². The first-order valence-electron chi connectivity index (χ1n) is 11.8. The quantitative estimate of drug-likeness (QED) is 0.353. The highest BCUT2D eigenvalue weighted by Crippen LogP contribution is 2.19. The van der Waals surface area contributed by atoms with Crippen LogP contribution in [0.4, 0.5) is 4.79 Å². The molecular formula is C25H39N3O3. The lowest BCUT2D eigenvalue weighted by molar-refractivity contribution is 0.0523. The van der Waals surface area contributed by atoms with Crippen molar-refractivity contribution in [3.05, 3.63) is 35.7 Å². The van der Waals surface area contributed by atoms with Gasteiger partial charge in [-0.3, -0.25) is 0 Å². The van der Waals surface area contributed by atoms with Crippen LogP contribution in [0.25, 0.3) is 11.5 Å². The van der Waals surface area contributed by atoms with Gasteiger partial charge in [0.1, 0.15) is 5.60 Å². The molecule has 0 saturated carbocycles. The zero-order valence-electron chi connectivity index (χ0n) is 19.7. The lowest BCUT2D eigenvalue weighted by atomic mass is 10.1. The van der Waals surface area contributed by atoms with Crippen LogP contribution in [0.15, 0.2) is 28.8 Å². The zero-order chi connectivity index (χ0) is 22.5. The number of amides is 1. The third-order valence-corrected chi connectivity index (χ3v) is 5.01.